The van der Waals surface area contributed by atoms with E-state index in [1.54, 1.807) is 37.3 Å². The van der Waals surface area contributed by atoms with Crippen molar-refractivity contribution in [2.75, 3.05) is 38.8 Å². The molecule has 0 saturated carbocycles. The lowest BCUT2D eigenvalue weighted by molar-refractivity contribution is -0.119. The summed E-state index contributed by atoms with van der Waals surface area (Å²) in [5.41, 5.74) is 2.83. The van der Waals surface area contributed by atoms with Crippen molar-refractivity contribution in [3.63, 3.8) is 0 Å². The second kappa shape index (κ2) is 12.7. The van der Waals surface area contributed by atoms with Gasteiger partial charge < -0.3 is 24.1 Å². The number of methoxy groups -OCH3 is 3. The third-order valence-electron chi connectivity index (χ3n) is 5.31. The first kappa shape index (κ1) is 28.1. The number of hydrogen-bond donors (Lipinski definition) is 2. The molecule has 0 aliphatic rings. The molecule has 0 aliphatic heterocycles. The van der Waals surface area contributed by atoms with Gasteiger partial charge >= 0.3 is 0 Å². The van der Waals surface area contributed by atoms with Crippen LogP contribution in [0.25, 0.3) is 0 Å². The number of ether oxygens (including phenoxy) is 4. The van der Waals surface area contributed by atoms with Crippen LogP contribution >= 0.6 is 0 Å². The molecule has 38 heavy (non-hydrogen) atoms. The van der Waals surface area contributed by atoms with Gasteiger partial charge in [0.2, 0.25) is 0 Å². The Balaban J connectivity index is 1.89. The Morgan fingerprint density at radius 2 is 1.68 bits per heavy atom. The molecule has 1 amide bonds. The quantitative estimate of drug-likeness (QED) is 0.263. The number of anilines is 1. The smallest absolute Gasteiger partial charge is 0.264 e. The highest BCUT2D eigenvalue weighted by atomic mass is 32.2. The fourth-order valence-electron chi connectivity index (χ4n) is 3.42. The first-order chi connectivity index (χ1) is 18.2. The maximum absolute atomic E-state index is 13.7. The number of phenols is 1. The van der Waals surface area contributed by atoms with Crippen LogP contribution in [0.5, 0.6) is 28.7 Å². The zero-order chi connectivity index (χ0) is 27.7. The number of sulfonamides is 1. The van der Waals surface area contributed by atoms with E-state index in [2.05, 4.69) is 10.5 Å². The fraction of sp³-hybridized carbons (Fsp3) is 0.231. The largest absolute Gasteiger partial charge is 0.504 e. The van der Waals surface area contributed by atoms with E-state index < -0.39 is 22.5 Å². The average molecular weight is 544 g/mol. The minimum atomic E-state index is -4.23. The molecule has 202 valence electrons. The van der Waals surface area contributed by atoms with E-state index in [9.17, 15) is 18.3 Å². The van der Waals surface area contributed by atoms with Crippen LogP contribution in [0.4, 0.5) is 5.69 Å². The summed E-state index contributed by atoms with van der Waals surface area (Å²) in [5.74, 6) is 0.497. The van der Waals surface area contributed by atoms with E-state index in [1.165, 1.54) is 57.9 Å². The molecule has 12 heteroatoms. The van der Waals surface area contributed by atoms with Crippen LogP contribution in [0.3, 0.4) is 0 Å². The number of nitrogens with zero attached hydrogens (tertiary/aromatic N) is 2. The van der Waals surface area contributed by atoms with Crippen LogP contribution < -0.4 is 28.7 Å². The lowest BCUT2D eigenvalue weighted by Gasteiger charge is -2.24. The molecule has 0 spiro atoms. The molecular weight excluding hydrogens is 514 g/mol. The summed E-state index contributed by atoms with van der Waals surface area (Å²) in [5, 5.41) is 14.2. The Morgan fingerprint density at radius 3 is 2.32 bits per heavy atom. The number of carbonyl (C=O) groups is 1. The van der Waals surface area contributed by atoms with Gasteiger partial charge in [0.05, 0.1) is 44.7 Å². The van der Waals surface area contributed by atoms with E-state index in [1.807, 2.05) is 0 Å². The summed E-state index contributed by atoms with van der Waals surface area (Å²) < 4.78 is 49.2. The van der Waals surface area contributed by atoms with E-state index in [0.717, 1.165) is 4.31 Å². The molecule has 11 nitrogen and oxygen atoms in total. The number of hydrogen-bond acceptors (Lipinski definition) is 9. The van der Waals surface area contributed by atoms with Crippen molar-refractivity contribution in [2.45, 2.75) is 11.8 Å². The number of benzene rings is 3. The number of amides is 1. The highest BCUT2D eigenvalue weighted by molar-refractivity contribution is 7.92. The summed E-state index contributed by atoms with van der Waals surface area (Å²) in [4.78, 5) is 12.7. The van der Waals surface area contributed by atoms with Gasteiger partial charge in [0.1, 0.15) is 12.3 Å². The third-order valence-corrected chi connectivity index (χ3v) is 7.08. The van der Waals surface area contributed by atoms with Crippen molar-refractivity contribution < 1.29 is 37.3 Å². The van der Waals surface area contributed by atoms with Gasteiger partial charge in [-0.3, -0.25) is 9.10 Å². The predicted molar refractivity (Wildman–Crippen MR) is 142 cm³/mol. The number of phenolic OH excluding ortho intramolecular Hbond substituents is 1. The normalized spacial score (nSPS) is 11.2. The molecule has 3 aromatic rings. The first-order valence-corrected chi connectivity index (χ1v) is 12.8. The van der Waals surface area contributed by atoms with Crippen LogP contribution in [0.15, 0.2) is 70.7 Å². The SMILES string of the molecule is CCOc1cccc(/C=N\NC(=O)CN(c2ccc(OC)cc2)S(=O)(=O)c2ccc(OC)c(OC)c2)c1O. The molecule has 0 saturated heterocycles. The Bertz CT molecular complexity index is 1390. The van der Waals surface area contributed by atoms with Crippen molar-refractivity contribution in [1.82, 2.24) is 5.43 Å². The van der Waals surface area contributed by atoms with E-state index >= 15 is 0 Å². The van der Waals surface area contributed by atoms with Crippen molar-refractivity contribution >= 4 is 27.8 Å². The van der Waals surface area contributed by atoms with Gasteiger partial charge in [-0.1, -0.05) is 6.07 Å². The minimum Gasteiger partial charge on any atom is -0.504 e. The van der Waals surface area contributed by atoms with Crippen LogP contribution in [0.2, 0.25) is 0 Å². The summed E-state index contributed by atoms with van der Waals surface area (Å²) in [6, 6.07) is 15.2. The topological polar surface area (TPSA) is 136 Å². The Morgan fingerprint density at radius 1 is 0.974 bits per heavy atom. The van der Waals surface area contributed by atoms with Gasteiger partial charge in [-0.2, -0.15) is 5.10 Å². The summed E-state index contributed by atoms with van der Waals surface area (Å²) in [6.45, 7) is 1.55. The lowest BCUT2D eigenvalue weighted by Crippen LogP contribution is -2.39. The highest BCUT2D eigenvalue weighted by Crippen LogP contribution is 2.33. The molecule has 0 heterocycles. The number of para-hydroxylation sites is 1. The van der Waals surface area contributed by atoms with E-state index in [-0.39, 0.29) is 27.8 Å². The molecule has 0 aromatic heterocycles. The highest BCUT2D eigenvalue weighted by Gasteiger charge is 2.28. The van der Waals surface area contributed by atoms with Gasteiger partial charge in [0.15, 0.2) is 23.0 Å². The maximum atomic E-state index is 13.7. The molecule has 3 aromatic carbocycles. The zero-order valence-corrected chi connectivity index (χ0v) is 22.2. The second-order valence-electron chi connectivity index (χ2n) is 7.65. The molecule has 0 bridgehead atoms. The molecular formula is C26H29N3O8S. The van der Waals surface area contributed by atoms with Crippen LogP contribution in [0, 0.1) is 0 Å². The van der Waals surface area contributed by atoms with Gasteiger partial charge in [-0.15, -0.1) is 0 Å². The maximum Gasteiger partial charge on any atom is 0.264 e. The second-order valence-corrected chi connectivity index (χ2v) is 9.51. The Labute approximate surface area is 221 Å². The van der Waals surface area contributed by atoms with Crippen molar-refractivity contribution in [3.05, 3.63) is 66.2 Å². The summed E-state index contributed by atoms with van der Waals surface area (Å²) in [7, 11) is 0.0816. The van der Waals surface area contributed by atoms with Crippen molar-refractivity contribution in [2.24, 2.45) is 5.10 Å². The molecule has 0 radical (unpaired) electrons. The Hall–Kier alpha value is -4.45. The molecule has 0 atom stereocenters. The number of carbonyl (C=O) groups excluding carboxylic acids is 1. The minimum absolute atomic E-state index is 0.111. The molecule has 0 unspecified atom stereocenters. The monoisotopic (exact) mass is 543 g/mol. The first-order valence-electron chi connectivity index (χ1n) is 11.4. The number of rotatable bonds is 12. The van der Waals surface area contributed by atoms with Crippen LogP contribution in [0.1, 0.15) is 12.5 Å². The lowest BCUT2D eigenvalue weighted by atomic mass is 10.2. The van der Waals surface area contributed by atoms with Crippen molar-refractivity contribution in [3.8, 4) is 28.7 Å². The van der Waals surface area contributed by atoms with E-state index in [4.69, 9.17) is 18.9 Å². The number of aromatic hydroxyl groups is 1. The summed E-state index contributed by atoms with van der Waals surface area (Å²) >= 11 is 0. The van der Waals surface area contributed by atoms with Gasteiger partial charge in [0.25, 0.3) is 15.9 Å². The molecule has 0 aliphatic carbocycles. The van der Waals surface area contributed by atoms with E-state index in [0.29, 0.717) is 23.7 Å². The number of nitrogens with one attached hydrogen (secondary N) is 1. The third kappa shape index (κ3) is 6.45. The number of hydrazone groups is 1. The Kier molecular flexibility index (Phi) is 9.39. The summed E-state index contributed by atoms with van der Waals surface area (Å²) in [6.07, 6.45) is 1.23. The van der Waals surface area contributed by atoms with Gasteiger partial charge in [-0.25, -0.2) is 13.8 Å². The predicted octanol–water partition coefficient (Wildman–Crippen LogP) is 3.16. The van der Waals surface area contributed by atoms with Gasteiger partial charge in [0, 0.05) is 11.6 Å². The average Bonchev–Trinajstić information content (AvgIpc) is 2.93. The molecule has 0 fully saturated rings. The molecule has 2 N–H and O–H groups in total. The standard InChI is InChI=1S/C26H29N3O8S/c1-5-37-23-8-6-7-18(26(23)31)16-27-28-25(30)17-29(19-9-11-20(34-2)12-10-19)38(32,33)21-13-14-22(35-3)24(15-21)36-4/h6-16,31H,5,17H2,1-4H3,(H,28,30)/b27-16-. The van der Waals surface area contributed by atoms with Gasteiger partial charge in [-0.05, 0) is 55.5 Å². The molecule has 3 rings (SSSR count). The van der Waals surface area contributed by atoms with Crippen LogP contribution in [-0.2, 0) is 14.8 Å². The van der Waals surface area contributed by atoms with Crippen molar-refractivity contribution in [1.29, 1.82) is 0 Å². The zero-order valence-electron chi connectivity index (χ0n) is 21.4. The fourth-order valence-corrected chi connectivity index (χ4v) is 4.86. The van der Waals surface area contributed by atoms with Crippen LogP contribution in [-0.4, -0.2) is 60.1 Å².